The van der Waals surface area contributed by atoms with Crippen molar-refractivity contribution in [2.75, 3.05) is 26.3 Å². The Morgan fingerprint density at radius 2 is 1.79 bits per heavy atom. The van der Waals surface area contributed by atoms with Crippen LogP contribution in [0.3, 0.4) is 0 Å². The fourth-order valence-corrected chi connectivity index (χ4v) is 3.42. The summed E-state index contributed by atoms with van der Waals surface area (Å²) < 4.78 is 11.3. The van der Waals surface area contributed by atoms with Crippen LogP contribution in [0, 0.1) is 11.3 Å². The van der Waals surface area contributed by atoms with Crippen molar-refractivity contribution in [3.63, 3.8) is 0 Å². The molecule has 0 radical (unpaired) electrons. The molecule has 0 aromatic heterocycles. The molecule has 0 heterocycles. The van der Waals surface area contributed by atoms with Gasteiger partial charge in [0, 0.05) is 19.0 Å². The van der Waals surface area contributed by atoms with Crippen molar-refractivity contribution >= 4 is 5.97 Å². The molecule has 3 rings (SSSR count). The summed E-state index contributed by atoms with van der Waals surface area (Å²) in [6.07, 6.45) is 0.0780. The minimum Gasteiger partial charge on any atom is -0.508 e. The number of carboxylic acid groups (broad SMARTS) is 1. The Morgan fingerprint density at radius 1 is 1.05 bits per heavy atom. The molecule has 0 amide bonds. The van der Waals surface area contributed by atoms with Gasteiger partial charge in [0.1, 0.15) is 18.1 Å². The number of benzene rings is 3. The molecule has 0 aliphatic heterocycles. The van der Waals surface area contributed by atoms with Crippen LogP contribution in [0.1, 0.15) is 40.8 Å². The summed E-state index contributed by atoms with van der Waals surface area (Å²) in [6, 6.07) is 22.1. The molecule has 9 nitrogen and oxygen atoms in total. The van der Waals surface area contributed by atoms with E-state index in [0.717, 1.165) is 30.2 Å². The molecule has 1 atom stereocenters. The number of hydrogen-bond donors (Lipinski definition) is 5. The van der Waals surface area contributed by atoms with E-state index in [0.29, 0.717) is 49.6 Å². The minimum absolute atomic E-state index is 0.0219. The predicted molar refractivity (Wildman–Crippen MR) is 142 cm³/mol. The molecule has 5 N–H and O–H groups in total. The lowest BCUT2D eigenvalue weighted by Gasteiger charge is -2.14. The Hall–Kier alpha value is -3.94. The summed E-state index contributed by atoms with van der Waals surface area (Å²) in [7, 11) is 0. The Morgan fingerprint density at radius 3 is 2.47 bits per heavy atom. The van der Waals surface area contributed by atoms with Gasteiger partial charge in [-0.2, -0.15) is 5.26 Å². The number of aliphatic hydroxyl groups excluding tert-OH is 2. The van der Waals surface area contributed by atoms with E-state index in [-0.39, 0.29) is 12.4 Å². The summed E-state index contributed by atoms with van der Waals surface area (Å²) >= 11 is 0. The van der Waals surface area contributed by atoms with Crippen molar-refractivity contribution in [1.82, 2.24) is 5.32 Å². The molecule has 9 heteroatoms. The first-order chi connectivity index (χ1) is 18.3. The van der Waals surface area contributed by atoms with Crippen LogP contribution in [0.25, 0.3) is 0 Å². The van der Waals surface area contributed by atoms with Crippen LogP contribution in [-0.4, -0.2) is 52.7 Å². The molecule has 0 saturated carbocycles. The number of carboxylic acids is 1. The van der Waals surface area contributed by atoms with Crippen molar-refractivity contribution in [3.8, 4) is 17.6 Å². The first kappa shape index (κ1) is 30.3. The maximum Gasteiger partial charge on any atom is 0.300 e. The predicted octanol–water partition coefficient (Wildman–Crippen LogP) is 3.31. The quantitative estimate of drug-likeness (QED) is 0.213. The average molecular weight is 523 g/mol. The molecule has 202 valence electrons. The third-order valence-corrected chi connectivity index (χ3v) is 5.33. The van der Waals surface area contributed by atoms with Gasteiger partial charge >= 0.3 is 0 Å². The fraction of sp³-hybridized carbons (Fsp3) is 0.310. The Balaban J connectivity index is 0.00000118. The molecule has 0 saturated heterocycles. The highest BCUT2D eigenvalue weighted by Crippen LogP contribution is 2.22. The first-order valence-corrected chi connectivity index (χ1v) is 12.1. The zero-order valence-electron chi connectivity index (χ0n) is 21.3. The molecule has 0 unspecified atom stereocenters. The molecule has 38 heavy (non-hydrogen) atoms. The SMILES string of the molecule is CC(=O)O.N#Cc1cccc(COCCOc2ccc(CCNC[C@H](O)c3ccc(O)c(CO)c3)cc2)c1. The molecule has 0 fully saturated rings. The molecular formula is C29H34N2O7. The number of aliphatic carboxylic acids is 1. The highest BCUT2D eigenvalue weighted by atomic mass is 16.5. The zero-order chi connectivity index (χ0) is 27.8. The molecule has 0 aliphatic carbocycles. The van der Waals surface area contributed by atoms with Crippen LogP contribution < -0.4 is 10.1 Å². The van der Waals surface area contributed by atoms with Crippen molar-refractivity contribution in [2.45, 2.75) is 32.7 Å². The van der Waals surface area contributed by atoms with Gasteiger partial charge in [-0.25, -0.2) is 0 Å². The molecule has 0 aliphatic rings. The van der Waals surface area contributed by atoms with E-state index in [1.165, 1.54) is 6.07 Å². The lowest BCUT2D eigenvalue weighted by atomic mass is 10.1. The number of nitrogens with zero attached hydrogens (tertiary/aromatic N) is 1. The lowest BCUT2D eigenvalue weighted by Crippen LogP contribution is -2.23. The van der Waals surface area contributed by atoms with Gasteiger partial charge in [0.15, 0.2) is 0 Å². The zero-order valence-corrected chi connectivity index (χ0v) is 21.3. The number of aliphatic hydroxyl groups is 2. The lowest BCUT2D eigenvalue weighted by molar-refractivity contribution is -0.134. The number of rotatable bonds is 13. The average Bonchev–Trinajstić information content (AvgIpc) is 2.91. The summed E-state index contributed by atoms with van der Waals surface area (Å²) in [5.74, 6) is -0.0390. The van der Waals surface area contributed by atoms with Crippen molar-refractivity contribution in [3.05, 3.63) is 94.5 Å². The maximum atomic E-state index is 10.3. The largest absolute Gasteiger partial charge is 0.508 e. The number of carbonyl (C=O) groups is 1. The number of phenols is 1. The molecular weight excluding hydrogens is 488 g/mol. The van der Waals surface area contributed by atoms with E-state index >= 15 is 0 Å². The monoisotopic (exact) mass is 522 g/mol. The standard InChI is InChI=1S/C27H30N2O5.C2H4O2/c28-16-21-2-1-3-22(14-21)19-33-12-13-34-25-7-4-20(5-8-25)10-11-29-17-27(32)23-6-9-26(31)24(15-23)18-30;1-2(3)4/h1-9,14-15,27,29-32H,10-13,17-19H2;1H3,(H,3,4)/t27-;/m0./s1. The number of aromatic hydroxyl groups is 1. The van der Waals surface area contributed by atoms with Gasteiger partial charge in [0.05, 0.1) is 37.6 Å². The summed E-state index contributed by atoms with van der Waals surface area (Å²) in [4.78, 5) is 9.00. The number of nitrogens with one attached hydrogen (secondary N) is 1. The van der Waals surface area contributed by atoms with Gasteiger partial charge in [0.2, 0.25) is 0 Å². The second-order valence-electron chi connectivity index (χ2n) is 8.39. The highest BCUT2D eigenvalue weighted by Gasteiger charge is 2.10. The topological polar surface area (TPSA) is 152 Å². The van der Waals surface area contributed by atoms with Crippen molar-refractivity contribution < 1.29 is 34.7 Å². The minimum atomic E-state index is -0.833. The van der Waals surface area contributed by atoms with Crippen LogP contribution in [0.15, 0.2) is 66.7 Å². The molecule has 3 aromatic rings. The fourth-order valence-electron chi connectivity index (χ4n) is 3.42. The number of nitriles is 1. The third-order valence-electron chi connectivity index (χ3n) is 5.33. The van der Waals surface area contributed by atoms with Crippen LogP contribution in [0.2, 0.25) is 0 Å². The van der Waals surface area contributed by atoms with E-state index in [2.05, 4.69) is 11.4 Å². The highest BCUT2D eigenvalue weighted by molar-refractivity contribution is 5.62. The number of hydrogen-bond acceptors (Lipinski definition) is 8. The molecule has 0 spiro atoms. The van der Waals surface area contributed by atoms with E-state index in [1.54, 1.807) is 18.2 Å². The summed E-state index contributed by atoms with van der Waals surface area (Å²) in [6.45, 7) is 3.21. The van der Waals surface area contributed by atoms with E-state index in [1.807, 2.05) is 42.5 Å². The normalized spacial score (nSPS) is 11.1. The van der Waals surface area contributed by atoms with Gasteiger partial charge in [-0.05, 0) is 66.1 Å². The van der Waals surface area contributed by atoms with Crippen molar-refractivity contribution in [2.24, 2.45) is 0 Å². The van der Waals surface area contributed by atoms with E-state index < -0.39 is 12.1 Å². The Labute approximate surface area is 222 Å². The maximum absolute atomic E-state index is 10.3. The van der Waals surface area contributed by atoms with Crippen molar-refractivity contribution in [1.29, 1.82) is 5.26 Å². The smallest absolute Gasteiger partial charge is 0.300 e. The van der Waals surface area contributed by atoms with Gasteiger partial charge in [0.25, 0.3) is 5.97 Å². The first-order valence-electron chi connectivity index (χ1n) is 12.1. The van der Waals surface area contributed by atoms with E-state index in [9.17, 15) is 15.3 Å². The van der Waals surface area contributed by atoms with Gasteiger partial charge in [-0.15, -0.1) is 0 Å². The van der Waals surface area contributed by atoms with Crippen LogP contribution in [0.4, 0.5) is 0 Å². The number of ether oxygens (including phenoxy) is 2. The third kappa shape index (κ3) is 11.4. The second-order valence-corrected chi connectivity index (χ2v) is 8.39. The van der Waals surface area contributed by atoms with Crippen LogP contribution >= 0.6 is 0 Å². The molecule has 3 aromatic carbocycles. The van der Waals surface area contributed by atoms with Crippen LogP contribution in [-0.2, 0) is 29.2 Å². The second kappa shape index (κ2) is 16.7. The summed E-state index contributed by atoms with van der Waals surface area (Å²) in [5, 5.41) is 48.7. The Kier molecular flexibility index (Phi) is 13.3. The summed E-state index contributed by atoms with van der Waals surface area (Å²) in [5.41, 5.74) is 3.78. The Bertz CT molecular complexity index is 1170. The van der Waals surface area contributed by atoms with E-state index in [4.69, 9.17) is 24.6 Å². The van der Waals surface area contributed by atoms with Crippen LogP contribution in [0.5, 0.6) is 11.5 Å². The van der Waals surface area contributed by atoms with Gasteiger partial charge in [-0.1, -0.05) is 30.3 Å². The van der Waals surface area contributed by atoms with Gasteiger partial charge in [-0.3, -0.25) is 4.79 Å². The molecule has 0 bridgehead atoms. The van der Waals surface area contributed by atoms with Gasteiger partial charge < -0.3 is 35.2 Å².